The van der Waals surface area contributed by atoms with E-state index in [9.17, 15) is 14.7 Å². The van der Waals surface area contributed by atoms with Crippen LogP contribution in [0.2, 0.25) is 0 Å². The van der Waals surface area contributed by atoms with Crippen LogP contribution in [0, 0.1) is 13.8 Å². The van der Waals surface area contributed by atoms with Gasteiger partial charge in [-0.3, -0.25) is 4.90 Å². The Hall–Kier alpha value is -2.04. The topological polar surface area (TPSA) is 66.8 Å². The van der Waals surface area contributed by atoms with Crippen molar-refractivity contribution in [2.45, 2.75) is 65.1 Å². The number of aryl methyl sites for hydroxylation is 2. The van der Waals surface area contributed by atoms with Crippen molar-refractivity contribution in [3.63, 3.8) is 0 Å². The van der Waals surface area contributed by atoms with Crippen molar-refractivity contribution in [3.8, 4) is 0 Å². The van der Waals surface area contributed by atoms with E-state index in [1.165, 1.54) is 4.90 Å². The van der Waals surface area contributed by atoms with Gasteiger partial charge in [0.2, 0.25) is 0 Å². The minimum Gasteiger partial charge on any atom is -0.479 e. The Morgan fingerprint density at radius 2 is 1.74 bits per heavy atom. The summed E-state index contributed by atoms with van der Waals surface area (Å²) < 4.78 is 5.46. The highest BCUT2D eigenvalue weighted by Gasteiger charge is 2.44. The predicted molar refractivity (Wildman–Crippen MR) is 87.4 cm³/mol. The van der Waals surface area contributed by atoms with Crippen molar-refractivity contribution in [1.82, 2.24) is 4.90 Å². The van der Waals surface area contributed by atoms with E-state index >= 15 is 0 Å². The van der Waals surface area contributed by atoms with Crippen LogP contribution in [-0.2, 0) is 9.53 Å². The molecule has 2 rings (SSSR count). The van der Waals surface area contributed by atoms with Gasteiger partial charge in [0, 0.05) is 6.04 Å². The van der Waals surface area contributed by atoms with Crippen LogP contribution in [0.1, 0.15) is 56.3 Å². The third kappa shape index (κ3) is 4.03. The SMILES string of the molecule is Cc1cccc(C)c1C(C(=O)O)N(C(=O)OC(C)(C)C)C1CC1. The first-order valence-corrected chi connectivity index (χ1v) is 7.92. The maximum absolute atomic E-state index is 12.6. The first kappa shape index (κ1) is 17.3. The van der Waals surface area contributed by atoms with Crippen LogP contribution in [0.15, 0.2) is 18.2 Å². The summed E-state index contributed by atoms with van der Waals surface area (Å²) in [5.41, 5.74) is 1.75. The summed E-state index contributed by atoms with van der Waals surface area (Å²) in [6.07, 6.45) is 1.07. The van der Waals surface area contributed by atoms with Gasteiger partial charge in [-0.05, 0) is 64.2 Å². The Kier molecular flexibility index (Phi) is 4.68. The number of ether oxygens (including phenoxy) is 1. The molecule has 1 atom stereocenters. The van der Waals surface area contributed by atoms with Crippen LogP contribution in [-0.4, -0.2) is 33.7 Å². The predicted octanol–water partition coefficient (Wildman–Crippen LogP) is 3.83. The van der Waals surface area contributed by atoms with E-state index in [0.717, 1.165) is 24.0 Å². The van der Waals surface area contributed by atoms with Gasteiger partial charge in [0.1, 0.15) is 5.60 Å². The molecule has 0 radical (unpaired) electrons. The number of nitrogens with zero attached hydrogens (tertiary/aromatic N) is 1. The van der Waals surface area contributed by atoms with Crippen LogP contribution < -0.4 is 0 Å². The van der Waals surface area contributed by atoms with Crippen molar-refractivity contribution in [2.24, 2.45) is 0 Å². The fourth-order valence-corrected chi connectivity index (χ4v) is 2.77. The van der Waals surface area contributed by atoms with Crippen molar-refractivity contribution in [1.29, 1.82) is 0 Å². The number of amides is 1. The molecule has 1 aromatic rings. The summed E-state index contributed by atoms with van der Waals surface area (Å²) in [4.78, 5) is 26.0. The van der Waals surface area contributed by atoms with Gasteiger partial charge in [0.25, 0.3) is 0 Å². The van der Waals surface area contributed by atoms with Gasteiger partial charge < -0.3 is 9.84 Å². The van der Waals surface area contributed by atoms with Gasteiger partial charge in [-0.15, -0.1) is 0 Å². The van der Waals surface area contributed by atoms with Crippen LogP contribution in [0.4, 0.5) is 4.79 Å². The molecule has 5 heteroatoms. The van der Waals surface area contributed by atoms with Crippen molar-refractivity contribution < 1.29 is 19.4 Å². The molecule has 1 saturated carbocycles. The van der Waals surface area contributed by atoms with E-state index in [2.05, 4.69) is 0 Å². The lowest BCUT2D eigenvalue weighted by molar-refractivity contribution is -0.143. The van der Waals surface area contributed by atoms with E-state index in [0.29, 0.717) is 5.56 Å². The second kappa shape index (κ2) is 6.22. The summed E-state index contributed by atoms with van der Waals surface area (Å²) in [6, 6.07) is 4.56. The molecule has 1 amide bonds. The molecule has 1 unspecified atom stereocenters. The monoisotopic (exact) mass is 319 g/mol. The molecule has 1 aliphatic carbocycles. The molecular formula is C18H25NO4. The minimum atomic E-state index is -1.03. The lowest BCUT2D eigenvalue weighted by Crippen LogP contribution is -2.44. The van der Waals surface area contributed by atoms with Crippen molar-refractivity contribution >= 4 is 12.1 Å². The average molecular weight is 319 g/mol. The van der Waals surface area contributed by atoms with Gasteiger partial charge in [0.05, 0.1) is 0 Å². The molecule has 126 valence electrons. The first-order valence-electron chi connectivity index (χ1n) is 7.92. The van der Waals surface area contributed by atoms with E-state index in [1.54, 1.807) is 20.8 Å². The number of aliphatic carboxylic acids is 1. The highest BCUT2D eigenvalue weighted by Crippen LogP contribution is 2.38. The van der Waals surface area contributed by atoms with Crippen molar-refractivity contribution in [2.75, 3.05) is 0 Å². The van der Waals surface area contributed by atoms with Crippen LogP contribution in [0.3, 0.4) is 0 Å². The molecule has 0 saturated heterocycles. The van der Waals surface area contributed by atoms with E-state index in [-0.39, 0.29) is 6.04 Å². The van der Waals surface area contributed by atoms with Crippen LogP contribution in [0.25, 0.3) is 0 Å². The third-order valence-electron chi connectivity index (χ3n) is 3.87. The highest BCUT2D eigenvalue weighted by molar-refractivity contribution is 5.83. The summed E-state index contributed by atoms with van der Waals surface area (Å²) in [5, 5.41) is 9.82. The van der Waals surface area contributed by atoms with Gasteiger partial charge >= 0.3 is 12.1 Å². The molecule has 0 heterocycles. The Bertz CT molecular complexity index is 594. The lowest BCUT2D eigenvalue weighted by atomic mass is 9.95. The summed E-state index contributed by atoms with van der Waals surface area (Å²) in [7, 11) is 0. The Labute approximate surface area is 137 Å². The Balaban J connectivity index is 2.45. The molecule has 5 nitrogen and oxygen atoms in total. The molecule has 0 spiro atoms. The number of carbonyl (C=O) groups is 2. The molecule has 1 aromatic carbocycles. The molecule has 1 aliphatic rings. The summed E-state index contributed by atoms with van der Waals surface area (Å²) >= 11 is 0. The fourth-order valence-electron chi connectivity index (χ4n) is 2.77. The lowest BCUT2D eigenvalue weighted by Gasteiger charge is -2.33. The number of rotatable bonds is 4. The normalized spacial score (nSPS) is 15.9. The second-order valence-corrected chi connectivity index (χ2v) is 7.17. The highest BCUT2D eigenvalue weighted by atomic mass is 16.6. The number of benzene rings is 1. The zero-order valence-corrected chi connectivity index (χ0v) is 14.4. The number of hydrogen-bond acceptors (Lipinski definition) is 3. The van der Waals surface area contributed by atoms with Crippen LogP contribution in [0.5, 0.6) is 0 Å². The zero-order valence-electron chi connectivity index (χ0n) is 14.4. The van der Waals surface area contributed by atoms with E-state index < -0.39 is 23.7 Å². The van der Waals surface area contributed by atoms with Gasteiger partial charge in [0.15, 0.2) is 6.04 Å². The van der Waals surface area contributed by atoms with Gasteiger partial charge in [-0.25, -0.2) is 9.59 Å². The van der Waals surface area contributed by atoms with Gasteiger partial charge in [-0.2, -0.15) is 0 Å². The molecule has 23 heavy (non-hydrogen) atoms. The largest absolute Gasteiger partial charge is 0.479 e. The molecule has 0 bridgehead atoms. The number of carboxylic acids is 1. The number of carboxylic acid groups (broad SMARTS) is 1. The Morgan fingerprint density at radius 1 is 1.22 bits per heavy atom. The van der Waals surface area contributed by atoms with E-state index in [4.69, 9.17) is 4.74 Å². The minimum absolute atomic E-state index is 0.0649. The molecule has 1 N–H and O–H groups in total. The average Bonchev–Trinajstić information content (AvgIpc) is 3.19. The maximum atomic E-state index is 12.6. The van der Waals surface area contributed by atoms with Gasteiger partial charge in [-0.1, -0.05) is 18.2 Å². The summed E-state index contributed by atoms with van der Waals surface area (Å²) in [6.45, 7) is 9.09. The smallest absolute Gasteiger partial charge is 0.411 e. The zero-order chi connectivity index (χ0) is 17.4. The van der Waals surface area contributed by atoms with E-state index in [1.807, 2.05) is 32.0 Å². The molecule has 1 fully saturated rings. The van der Waals surface area contributed by atoms with Crippen molar-refractivity contribution in [3.05, 3.63) is 34.9 Å². The maximum Gasteiger partial charge on any atom is 0.411 e. The quantitative estimate of drug-likeness (QED) is 0.916. The molecule has 0 aromatic heterocycles. The molecular weight excluding hydrogens is 294 g/mol. The summed E-state index contributed by atoms with van der Waals surface area (Å²) in [5.74, 6) is -1.03. The number of hydrogen-bond donors (Lipinski definition) is 1. The Morgan fingerprint density at radius 3 is 2.13 bits per heavy atom. The third-order valence-corrected chi connectivity index (χ3v) is 3.87. The molecule has 0 aliphatic heterocycles. The van der Waals surface area contributed by atoms with Crippen LogP contribution >= 0.6 is 0 Å². The second-order valence-electron chi connectivity index (χ2n) is 7.17. The standard InChI is InChI=1S/C18H25NO4/c1-11-7-6-8-12(2)14(11)15(16(20)21)19(13-9-10-13)17(22)23-18(3,4)5/h6-8,13,15H,9-10H2,1-5H3,(H,20,21). The first-order chi connectivity index (χ1) is 10.6. The fraction of sp³-hybridized carbons (Fsp3) is 0.556. The number of carbonyl (C=O) groups excluding carboxylic acids is 1.